The van der Waals surface area contributed by atoms with E-state index in [4.69, 9.17) is 15.2 Å². The molecule has 1 aromatic carbocycles. The molecular formula is C19H23N5. The van der Waals surface area contributed by atoms with E-state index in [0.29, 0.717) is 5.56 Å². The topological polar surface area (TPSA) is 64.8 Å². The number of anilines is 1. The number of nitriles is 1. The van der Waals surface area contributed by atoms with Gasteiger partial charge < -0.3 is 10.2 Å². The Morgan fingerprint density at radius 1 is 1.17 bits per heavy atom. The second-order valence-electron chi connectivity index (χ2n) is 5.94. The van der Waals surface area contributed by atoms with Gasteiger partial charge in [-0.1, -0.05) is 12.1 Å². The lowest BCUT2D eigenvalue weighted by Crippen LogP contribution is -2.25. The van der Waals surface area contributed by atoms with Crippen molar-refractivity contribution in [3.8, 4) is 17.3 Å². The maximum Gasteiger partial charge on any atom is 0.226 e. The molecule has 0 aliphatic carbocycles. The van der Waals surface area contributed by atoms with Crippen LogP contribution in [0.2, 0.25) is 0 Å². The van der Waals surface area contributed by atoms with Crippen LogP contribution in [0.4, 0.5) is 5.95 Å². The van der Waals surface area contributed by atoms with Crippen LogP contribution in [0.5, 0.6) is 0 Å². The van der Waals surface area contributed by atoms with E-state index >= 15 is 0 Å². The average Bonchev–Trinajstić information content (AvgIpc) is 2.88. The summed E-state index contributed by atoms with van der Waals surface area (Å²) in [5, 5.41) is 12.5. The number of nitrogens with zero attached hydrogens (tertiary/aromatic N) is 4. The predicted molar refractivity (Wildman–Crippen MR) is 95.8 cm³/mol. The van der Waals surface area contributed by atoms with Crippen molar-refractivity contribution in [2.45, 2.75) is 33.2 Å². The normalized spacial score (nSPS) is 13.7. The van der Waals surface area contributed by atoms with E-state index in [2.05, 4.69) is 30.1 Å². The summed E-state index contributed by atoms with van der Waals surface area (Å²) in [7, 11) is 0. The van der Waals surface area contributed by atoms with Crippen LogP contribution in [-0.2, 0) is 13.0 Å². The van der Waals surface area contributed by atoms with Gasteiger partial charge >= 0.3 is 0 Å². The fourth-order valence-corrected chi connectivity index (χ4v) is 3.11. The summed E-state index contributed by atoms with van der Waals surface area (Å²) in [5.74, 6) is 0.793. The van der Waals surface area contributed by atoms with Crippen molar-refractivity contribution >= 4 is 5.95 Å². The van der Waals surface area contributed by atoms with Gasteiger partial charge in [0.1, 0.15) is 0 Å². The fourth-order valence-electron chi connectivity index (χ4n) is 3.11. The molecule has 2 heterocycles. The molecule has 2 aromatic rings. The van der Waals surface area contributed by atoms with Gasteiger partial charge in [0.2, 0.25) is 5.95 Å². The van der Waals surface area contributed by atoms with Crippen molar-refractivity contribution in [1.29, 1.82) is 5.26 Å². The van der Waals surface area contributed by atoms with Crippen LogP contribution in [-0.4, -0.2) is 29.6 Å². The van der Waals surface area contributed by atoms with Crippen LogP contribution in [0.3, 0.4) is 0 Å². The fraction of sp³-hybridized carbons (Fsp3) is 0.421. The smallest absolute Gasteiger partial charge is 0.226 e. The molecule has 0 bridgehead atoms. The molecule has 0 fully saturated rings. The zero-order valence-electron chi connectivity index (χ0n) is 14.3. The van der Waals surface area contributed by atoms with Crippen LogP contribution in [0.25, 0.3) is 11.3 Å². The van der Waals surface area contributed by atoms with E-state index in [1.54, 1.807) is 0 Å². The van der Waals surface area contributed by atoms with Crippen LogP contribution in [0.1, 0.15) is 37.1 Å². The number of hydrogen-bond donors (Lipinski definition) is 1. The Kier molecular flexibility index (Phi) is 5.07. The van der Waals surface area contributed by atoms with Crippen molar-refractivity contribution in [2.75, 3.05) is 24.5 Å². The molecule has 24 heavy (non-hydrogen) atoms. The molecule has 1 aliphatic heterocycles. The molecule has 1 aliphatic rings. The van der Waals surface area contributed by atoms with Crippen molar-refractivity contribution in [1.82, 2.24) is 15.3 Å². The molecule has 0 saturated carbocycles. The molecule has 0 atom stereocenters. The molecule has 5 heteroatoms. The minimum Gasteiger partial charge on any atom is -0.341 e. The Bertz CT molecular complexity index is 742. The third kappa shape index (κ3) is 3.24. The molecule has 0 amide bonds. The lowest BCUT2D eigenvalue weighted by atomic mass is 10.00. The maximum atomic E-state index is 9.02. The lowest BCUT2D eigenvalue weighted by molar-refractivity contribution is 0.673. The largest absolute Gasteiger partial charge is 0.341 e. The van der Waals surface area contributed by atoms with Crippen LogP contribution in [0.15, 0.2) is 24.3 Å². The zero-order chi connectivity index (χ0) is 16.9. The monoisotopic (exact) mass is 321 g/mol. The summed E-state index contributed by atoms with van der Waals surface area (Å²) >= 11 is 0. The van der Waals surface area contributed by atoms with Gasteiger partial charge in [-0.05, 0) is 45.4 Å². The van der Waals surface area contributed by atoms with Gasteiger partial charge in [0.25, 0.3) is 0 Å². The highest BCUT2D eigenvalue weighted by atomic mass is 15.2. The van der Waals surface area contributed by atoms with Gasteiger partial charge in [-0.15, -0.1) is 0 Å². The number of nitrogens with one attached hydrogen (secondary N) is 1. The average molecular weight is 321 g/mol. The molecule has 1 aromatic heterocycles. The Balaban J connectivity index is 2.14. The van der Waals surface area contributed by atoms with Crippen molar-refractivity contribution < 1.29 is 0 Å². The number of rotatable bonds is 4. The zero-order valence-corrected chi connectivity index (χ0v) is 14.3. The van der Waals surface area contributed by atoms with E-state index in [0.717, 1.165) is 61.9 Å². The number of benzene rings is 1. The molecule has 124 valence electrons. The summed E-state index contributed by atoms with van der Waals surface area (Å²) in [6.45, 7) is 7.81. The van der Waals surface area contributed by atoms with Gasteiger partial charge in [-0.25, -0.2) is 9.97 Å². The first-order valence-corrected chi connectivity index (χ1v) is 8.62. The minimum absolute atomic E-state index is 0.671. The number of fused-ring (bicyclic) bond motifs is 1. The van der Waals surface area contributed by atoms with Crippen molar-refractivity contribution in [2.24, 2.45) is 0 Å². The highest BCUT2D eigenvalue weighted by Gasteiger charge is 2.19. The van der Waals surface area contributed by atoms with Crippen LogP contribution >= 0.6 is 0 Å². The molecule has 5 nitrogen and oxygen atoms in total. The molecule has 0 unspecified atom stereocenters. The van der Waals surface area contributed by atoms with E-state index in [1.807, 2.05) is 24.3 Å². The van der Waals surface area contributed by atoms with E-state index < -0.39 is 0 Å². The molecule has 0 spiro atoms. The quantitative estimate of drug-likeness (QED) is 0.938. The van der Waals surface area contributed by atoms with Gasteiger partial charge in [-0.2, -0.15) is 5.26 Å². The Hall–Kier alpha value is -2.45. The first kappa shape index (κ1) is 16.4. The summed E-state index contributed by atoms with van der Waals surface area (Å²) in [5.41, 5.74) is 5.08. The highest BCUT2D eigenvalue weighted by molar-refractivity contribution is 5.66. The van der Waals surface area contributed by atoms with E-state index in [1.165, 1.54) is 5.56 Å². The maximum absolute atomic E-state index is 9.02. The third-order valence-corrected chi connectivity index (χ3v) is 4.49. The molecular weight excluding hydrogens is 298 g/mol. The van der Waals surface area contributed by atoms with Gasteiger partial charge in [0, 0.05) is 30.8 Å². The Morgan fingerprint density at radius 3 is 2.58 bits per heavy atom. The van der Waals surface area contributed by atoms with Crippen molar-refractivity contribution in [3.63, 3.8) is 0 Å². The summed E-state index contributed by atoms with van der Waals surface area (Å²) in [4.78, 5) is 11.9. The predicted octanol–water partition coefficient (Wildman–Crippen LogP) is 2.90. The summed E-state index contributed by atoms with van der Waals surface area (Å²) < 4.78 is 0. The highest BCUT2D eigenvalue weighted by Crippen LogP contribution is 2.28. The summed E-state index contributed by atoms with van der Waals surface area (Å²) in [6.07, 6.45) is 2.07. The Morgan fingerprint density at radius 2 is 1.92 bits per heavy atom. The first-order valence-electron chi connectivity index (χ1n) is 8.62. The van der Waals surface area contributed by atoms with Crippen LogP contribution < -0.4 is 10.2 Å². The van der Waals surface area contributed by atoms with Crippen LogP contribution in [0, 0.1) is 11.3 Å². The van der Waals surface area contributed by atoms with Crippen molar-refractivity contribution in [3.05, 3.63) is 41.1 Å². The van der Waals surface area contributed by atoms with Gasteiger partial charge in [-0.3, -0.25) is 0 Å². The van der Waals surface area contributed by atoms with Gasteiger partial charge in [0.15, 0.2) is 0 Å². The second kappa shape index (κ2) is 7.41. The molecule has 1 N–H and O–H groups in total. The second-order valence-corrected chi connectivity index (χ2v) is 5.94. The number of aromatic nitrogens is 2. The Labute approximate surface area is 143 Å². The van der Waals surface area contributed by atoms with E-state index in [-0.39, 0.29) is 0 Å². The van der Waals surface area contributed by atoms with E-state index in [9.17, 15) is 0 Å². The number of hydrogen-bond acceptors (Lipinski definition) is 5. The van der Waals surface area contributed by atoms with Gasteiger partial charge in [0.05, 0.1) is 23.0 Å². The lowest BCUT2D eigenvalue weighted by Gasteiger charge is -2.22. The first-order chi connectivity index (χ1) is 11.8. The SMILES string of the molecule is CCN(CC)c1nc2c(c(-c3ccc(C#N)cc3)n1)CCCNC2. The summed E-state index contributed by atoms with van der Waals surface area (Å²) in [6, 6.07) is 9.87. The standard InChI is InChI=1S/C19H23N5/c1-3-24(4-2)19-22-17-13-21-11-5-6-16(17)18(23-19)15-9-7-14(12-20)8-10-15/h7-10,21H,3-6,11,13H2,1-2H3. The molecule has 0 saturated heterocycles. The third-order valence-electron chi connectivity index (χ3n) is 4.49. The molecule has 0 radical (unpaired) electrons. The minimum atomic E-state index is 0.671. The molecule has 3 rings (SSSR count).